The van der Waals surface area contributed by atoms with Crippen LogP contribution in [-0.2, 0) is 13.0 Å². The first-order valence-electron chi connectivity index (χ1n) is 9.51. The van der Waals surface area contributed by atoms with Gasteiger partial charge in [-0.15, -0.1) is 24.0 Å². The molecule has 0 fully saturated rings. The van der Waals surface area contributed by atoms with Crippen LogP contribution < -0.4 is 14.8 Å². The average molecular weight is 556 g/mol. The van der Waals surface area contributed by atoms with Gasteiger partial charge in [-0.25, -0.2) is 0 Å². The number of aliphatic imine (C=N–C) groups is 1. The highest BCUT2D eigenvalue weighted by Gasteiger charge is 2.15. The maximum absolute atomic E-state index is 6.02. The second kappa shape index (κ2) is 10.7. The SMILES string of the molecule is CN=C(NCCc1nc(-c2cccc(Cl)c2)no1)N(C)Cc1ccc2c(c1)OCO2.I. The summed E-state index contributed by atoms with van der Waals surface area (Å²) in [6.07, 6.45) is 0.574. The minimum absolute atomic E-state index is 0. The summed E-state index contributed by atoms with van der Waals surface area (Å²) in [5.41, 5.74) is 1.93. The Balaban J connectivity index is 0.00000272. The van der Waals surface area contributed by atoms with Crippen LogP contribution in [0.5, 0.6) is 11.5 Å². The van der Waals surface area contributed by atoms with E-state index in [9.17, 15) is 0 Å². The average Bonchev–Trinajstić information content (AvgIpc) is 3.40. The highest BCUT2D eigenvalue weighted by Crippen LogP contribution is 2.32. The maximum Gasteiger partial charge on any atom is 0.231 e. The van der Waals surface area contributed by atoms with Crippen LogP contribution in [-0.4, -0.2) is 48.4 Å². The van der Waals surface area contributed by atoms with E-state index >= 15 is 0 Å². The Labute approximate surface area is 202 Å². The number of fused-ring (bicyclic) bond motifs is 1. The van der Waals surface area contributed by atoms with E-state index in [2.05, 4.69) is 20.4 Å². The molecular formula is C21H23ClIN5O3. The zero-order valence-corrected chi connectivity index (χ0v) is 20.3. The summed E-state index contributed by atoms with van der Waals surface area (Å²) in [6, 6.07) is 13.3. The molecule has 31 heavy (non-hydrogen) atoms. The molecule has 0 unspecified atom stereocenters. The molecule has 1 aliphatic heterocycles. The van der Waals surface area contributed by atoms with E-state index in [1.165, 1.54) is 0 Å². The first-order chi connectivity index (χ1) is 14.6. The fourth-order valence-electron chi connectivity index (χ4n) is 3.16. The monoisotopic (exact) mass is 555 g/mol. The minimum atomic E-state index is 0. The molecular weight excluding hydrogens is 533 g/mol. The quantitative estimate of drug-likeness (QED) is 0.280. The molecule has 3 aromatic rings. The summed E-state index contributed by atoms with van der Waals surface area (Å²) in [5, 5.41) is 7.98. The third-order valence-electron chi connectivity index (χ3n) is 4.60. The van der Waals surface area contributed by atoms with Gasteiger partial charge in [0.05, 0.1) is 0 Å². The Morgan fingerprint density at radius 1 is 1.19 bits per heavy atom. The maximum atomic E-state index is 6.02. The Morgan fingerprint density at radius 3 is 2.84 bits per heavy atom. The van der Waals surface area contributed by atoms with Crippen molar-refractivity contribution in [3.8, 4) is 22.9 Å². The van der Waals surface area contributed by atoms with Gasteiger partial charge in [0, 0.05) is 44.2 Å². The number of aromatic nitrogens is 2. The number of halogens is 2. The number of benzene rings is 2. The number of hydrogen-bond acceptors (Lipinski definition) is 6. The van der Waals surface area contributed by atoms with E-state index in [-0.39, 0.29) is 30.8 Å². The van der Waals surface area contributed by atoms with E-state index in [1.807, 2.05) is 48.3 Å². The molecule has 0 aliphatic carbocycles. The van der Waals surface area contributed by atoms with Gasteiger partial charge in [-0.3, -0.25) is 4.99 Å². The van der Waals surface area contributed by atoms with Gasteiger partial charge < -0.3 is 24.2 Å². The van der Waals surface area contributed by atoms with Gasteiger partial charge in [-0.1, -0.05) is 35.0 Å². The van der Waals surface area contributed by atoms with E-state index in [1.54, 1.807) is 13.1 Å². The summed E-state index contributed by atoms with van der Waals surface area (Å²) in [5.74, 6) is 3.39. The van der Waals surface area contributed by atoms with Crippen molar-refractivity contribution in [2.24, 2.45) is 4.99 Å². The smallest absolute Gasteiger partial charge is 0.231 e. The lowest BCUT2D eigenvalue weighted by molar-refractivity contribution is 0.174. The highest BCUT2D eigenvalue weighted by atomic mass is 127. The summed E-state index contributed by atoms with van der Waals surface area (Å²) in [6.45, 7) is 1.55. The third-order valence-corrected chi connectivity index (χ3v) is 4.84. The molecule has 0 saturated heterocycles. The topological polar surface area (TPSA) is 85.0 Å². The van der Waals surface area contributed by atoms with Crippen LogP contribution in [0.15, 0.2) is 52.0 Å². The van der Waals surface area contributed by atoms with Crippen LogP contribution in [0, 0.1) is 0 Å². The molecule has 2 aromatic carbocycles. The second-order valence-corrected chi connectivity index (χ2v) is 7.23. The van der Waals surface area contributed by atoms with Gasteiger partial charge in [0.25, 0.3) is 0 Å². The third kappa shape index (κ3) is 5.79. The summed E-state index contributed by atoms with van der Waals surface area (Å²) in [4.78, 5) is 10.8. The number of rotatable bonds is 6. The Hall–Kier alpha value is -2.53. The number of ether oxygens (including phenoxy) is 2. The Kier molecular flexibility index (Phi) is 7.97. The van der Waals surface area contributed by atoms with Gasteiger partial charge in [-0.05, 0) is 29.8 Å². The van der Waals surface area contributed by atoms with Crippen LogP contribution in [0.1, 0.15) is 11.5 Å². The lowest BCUT2D eigenvalue weighted by Gasteiger charge is -2.22. The van der Waals surface area contributed by atoms with Crippen LogP contribution in [0.2, 0.25) is 5.02 Å². The molecule has 1 aliphatic rings. The number of nitrogens with one attached hydrogen (secondary N) is 1. The summed E-state index contributed by atoms with van der Waals surface area (Å²) < 4.78 is 16.2. The van der Waals surface area contributed by atoms with Crippen LogP contribution >= 0.6 is 35.6 Å². The van der Waals surface area contributed by atoms with E-state index in [0.717, 1.165) is 28.6 Å². The van der Waals surface area contributed by atoms with Gasteiger partial charge >= 0.3 is 0 Å². The zero-order valence-electron chi connectivity index (χ0n) is 17.2. The van der Waals surface area contributed by atoms with Crippen LogP contribution in [0.3, 0.4) is 0 Å². The van der Waals surface area contributed by atoms with Gasteiger partial charge in [0.1, 0.15) is 0 Å². The van der Waals surface area contributed by atoms with E-state index < -0.39 is 0 Å². The Morgan fingerprint density at radius 2 is 2.03 bits per heavy atom. The zero-order chi connectivity index (χ0) is 20.9. The van der Waals surface area contributed by atoms with Crippen LogP contribution in [0.4, 0.5) is 0 Å². The first kappa shape index (κ1) is 23.1. The van der Waals surface area contributed by atoms with Gasteiger partial charge in [0.15, 0.2) is 17.5 Å². The first-order valence-corrected chi connectivity index (χ1v) is 9.89. The number of nitrogens with zero attached hydrogens (tertiary/aromatic N) is 4. The van der Waals surface area contributed by atoms with Crippen molar-refractivity contribution in [3.05, 3.63) is 58.9 Å². The standard InChI is InChI=1S/C21H22ClN5O3.HI/c1-23-21(27(2)12-14-6-7-17-18(10-14)29-13-28-17)24-9-8-19-25-20(26-30-19)15-4-3-5-16(22)11-15;/h3-7,10-11H,8-9,12-13H2,1-2H3,(H,23,24);1H. The van der Waals surface area contributed by atoms with Gasteiger partial charge in [-0.2, -0.15) is 4.98 Å². The molecule has 1 N–H and O–H groups in total. The van der Waals surface area contributed by atoms with Crippen molar-refractivity contribution < 1.29 is 14.0 Å². The largest absolute Gasteiger partial charge is 0.454 e. The van der Waals surface area contributed by atoms with Crippen molar-refractivity contribution in [3.63, 3.8) is 0 Å². The van der Waals surface area contributed by atoms with Crippen molar-refractivity contribution >= 4 is 41.5 Å². The molecule has 0 saturated carbocycles. The molecule has 10 heteroatoms. The fourth-order valence-corrected chi connectivity index (χ4v) is 3.35. The predicted octanol–water partition coefficient (Wildman–Crippen LogP) is 3.99. The minimum Gasteiger partial charge on any atom is -0.454 e. The molecule has 4 rings (SSSR count). The normalized spacial score (nSPS) is 12.4. The molecule has 0 bridgehead atoms. The van der Waals surface area contributed by atoms with Crippen molar-refractivity contribution in [2.45, 2.75) is 13.0 Å². The van der Waals surface area contributed by atoms with Crippen molar-refractivity contribution in [1.29, 1.82) is 0 Å². The van der Waals surface area contributed by atoms with Crippen LogP contribution in [0.25, 0.3) is 11.4 Å². The molecule has 164 valence electrons. The Bertz CT molecular complexity index is 1060. The number of hydrogen-bond donors (Lipinski definition) is 1. The molecule has 0 spiro atoms. The van der Waals surface area contributed by atoms with Crippen molar-refractivity contribution in [1.82, 2.24) is 20.4 Å². The molecule has 8 nitrogen and oxygen atoms in total. The lowest BCUT2D eigenvalue weighted by atomic mass is 10.2. The van der Waals surface area contributed by atoms with Gasteiger partial charge in [0.2, 0.25) is 18.5 Å². The summed E-state index contributed by atoms with van der Waals surface area (Å²) in [7, 11) is 3.73. The molecule has 0 atom stereocenters. The number of guanidine groups is 1. The molecule has 1 aromatic heterocycles. The predicted molar refractivity (Wildman–Crippen MR) is 129 cm³/mol. The second-order valence-electron chi connectivity index (χ2n) is 6.79. The summed E-state index contributed by atoms with van der Waals surface area (Å²) >= 11 is 6.02. The van der Waals surface area contributed by atoms with Crippen molar-refractivity contribution in [2.75, 3.05) is 27.4 Å². The molecule has 2 heterocycles. The molecule has 0 radical (unpaired) electrons. The molecule has 0 amide bonds. The fraction of sp³-hybridized carbons (Fsp3) is 0.286. The van der Waals surface area contributed by atoms with E-state index in [0.29, 0.717) is 36.2 Å². The lowest BCUT2D eigenvalue weighted by Crippen LogP contribution is -2.39. The van der Waals surface area contributed by atoms with E-state index in [4.69, 9.17) is 25.6 Å². The highest BCUT2D eigenvalue weighted by molar-refractivity contribution is 14.0.